The molecule has 0 amide bonds. The Bertz CT molecular complexity index is 1080. The molecule has 5 heteroatoms. The van der Waals surface area contributed by atoms with Crippen molar-refractivity contribution in [3.05, 3.63) is 72.6 Å². The monoisotopic (exact) mass is 370 g/mol. The average Bonchev–Trinajstić information content (AvgIpc) is 2.77. The Labute approximate surface area is 164 Å². The van der Waals surface area contributed by atoms with Crippen LogP contribution in [0.3, 0.4) is 0 Å². The maximum Gasteiger partial charge on any atom is 0.163 e. The third-order valence-electron chi connectivity index (χ3n) is 4.61. The van der Waals surface area contributed by atoms with E-state index in [2.05, 4.69) is 46.7 Å². The molecule has 2 heterocycles. The molecule has 4 aromatic rings. The Balaban J connectivity index is 1.72. The molecule has 2 aromatic heterocycles. The highest BCUT2D eigenvalue weighted by Gasteiger charge is 2.10. The van der Waals surface area contributed by atoms with Crippen LogP contribution in [0.5, 0.6) is 0 Å². The van der Waals surface area contributed by atoms with Crippen LogP contribution in [-0.2, 0) is 11.3 Å². The minimum Gasteiger partial charge on any atom is -0.377 e. The van der Waals surface area contributed by atoms with Crippen molar-refractivity contribution in [3.8, 4) is 22.5 Å². The molecule has 0 spiro atoms. The van der Waals surface area contributed by atoms with Crippen LogP contribution in [0.2, 0.25) is 0 Å². The van der Waals surface area contributed by atoms with Gasteiger partial charge in [0.1, 0.15) is 5.82 Å². The summed E-state index contributed by atoms with van der Waals surface area (Å²) in [6.07, 6.45) is 3.52. The van der Waals surface area contributed by atoms with E-state index in [1.807, 2.05) is 32.2 Å². The normalized spacial score (nSPS) is 10.9. The number of aromatic nitrogens is 3. The predicted molar refractivity (Wildman–Crippen MR) is 113 cm³/mol. The lowest BCUT2D eigenvalue weighted by molar-refractivity contribution is 0.134. The quantitative estimate of drug-likeness (QED) is 0.521. The zero-order chi connectivity index (χ0) is 19.3. The molecular weight excluding hydrogens is 348 g/mol. The van der Waals surface area contributed by atoms with Gasteiger partial charge in [0.2, 0.25) is 0 Å². The smallest absolute Gasteiger partial charge is 0.163 e. The molecule has 0 bridgehead atoms. The number of hydrogen-bond donors (Lipinski definition) is 1. The summed E-state index contributed by atoms with van der Waals surface area (Å²) in [5, 5.41) is 4.19. The van der Waals surface area contributed by atoms with E-state index in [0.717, 1.165) is 40.0 Å². The van der Waals surface area contributed by atoms with E-state index in [-0.39, 0.29) is 0 Å². The molecule has 4 rings (SSSR count). The van der Waals surface area contributed by atoms with Crippen molar-refractivity contribution >= 4 is 16.7 Å². The van der Waals surface area contributed by atoms with Crippen LogP contribution in [0.15, 0.2) is 67.0 Å². The van der Waals surface area contributed by atoms with Crippen molar-refractivity contribution in [2.45, 2.75) is 13.5 Å². The van der Waals surface area contributed by atoms with Crippen LogP contribution >= 0.6 is 0 Å². The van der Waals surface area contributed by atoms with Crippen LogP contribution in [0.1, 0.15) is 12.5 Å². The van der Waals surface area contributed by atoms with E-state index in [4.69, 9.17) is 14.7 Å². The van der Waals surface area contributed by atoms with Crippen LogP contribution in [0.4, 0.5) is 5.82 Å². The lowest BCUT2D eigenvalue weighted by Gasteiger charge is -2.10. The molecule has 0 radical (unpaired) electrons. The predicted octanol–water partition coefficient (Wildman–Crippen LogP) is 4.94. The van der Waals surface area contributed by atoms with E-state index in [1.165, 1.54) is 5.56 Å². The number of nitrogens with zero attached hydrogens (tertiary/aromatic N) is 3. The van der Waals surface area contributed by atoms with Gasteiger partial charge in [0.25, 0.3) is 0 Å². The molecule has 0 aliphatic rings. The third kappa shape index (κ3) is 3.70. The maximum atomic E-state index is 5.47. The number of benzene rings is 2. The minimum absolute atomic E-state index is 0.642. The van der Waals surface area contributed by atoms with Crippen molar-refractivity contribution in [2.75, 3.05) is 19.0 Å². The summed E-state index contributed by atoms with van der Waals surface area (Å²) in [7, 11) is 1.88. The Hall–Kier alpha value is -3.31. The van der Waals surface area contributed by atoms with Gasteiger partial charge in [-0.1, -0.05) is 30.3 Å². The number of fused-ring (bicyclic) bond motifs is 1. The first-order chi connectivity index (χ1) is 13.8. The molecule has 0 saturated heterocycles. The van der Waals surface area contributed by atoms with Crippen molar-refractivity contribution in [1.29, 1.82) is 0 Å². The Kier molecular flexibility index (Phi) is 5.26. The largest absolute Gasteiger partial charge is 0.377 e. The third-order valence-corrected chi connectivity index (χ3v) is 4.61. The van der Waals surface area contributed by atoms with Crippen molar-refractivity contribution in [2.24, 2.45) is 0 Å². The molecule has 140 valence electrons. The van der Waals surface area contributed by atoms with E-state index < -0.39 is 0 Å². The molecule has 0 saturated carbocycles. The summed E-state index contributed by atoms with van der Waals surface area (Å²) in [5.41, 5.74) is 5.25. The molecule has 0 unspecified atom stereocenters. The van der Waals surface area contributed by atoms with Gasteiger partial charge in [0, 0.05) is 37.0 Å². The van der Waals surface area contributed by atoms with Gasteiger partial charge in [0.05, 0.1) is 12.1 Å². The zero-order valence-corrected chi connectivity index (χ0v) is 16.0. The highest BCUT2D eigenvalue weighted by molar-refractivity contribution is 5.93. The molecule has 0 aliphatic heterocycles. The molecule has 2 aromatic carbocycles. The highest BCUT2D eigenvalue weighted by atomic mass is 16.5. The Morgan fingerprint density at radius 2 is 1.75 bits per heavy atom. The first kappa shape index (κ1) is 18.1. The Morgan fingerprint density at radius 3 is 2.46 bits per heavy atom. The van der Waals surface area contributed by atoms with Crippen molar-refractivity contribution in [1.82, 2.24) is 15.0 Å². The van der Waals surface area contributed by atoms with E-state index in [0.29, 0.717) is 12.4 Å². The van der Waals surface area contributed by atoms with Crippen LogP contribution in [0.25, 0.3) is 33.4 Å². The zero-order valence-electron chi connectivity index (χ0n) is 16.0. The topological polar surface area (TPSA) is 59.9 Å². The fourth-order valence-corrected chi connectivity index (χ4v) is 3.14. The van der Waals surface area contributed by atoms with Gasteiger partial charge < -0.3 is 10.1 Å². The number of pyridine rings is 1. The van der Waals surface area contributed by atoms with Gasteiger partial charge in [-0.15, -0.1) is 0 Å². The number of anilines is 1. The SMILES string of the molecule is CCOCc1ccc(-c2ccc3nc(-c4cccnc4)nc(NC)c3c2)cc1. The standard InChI is InChI=1S/C23H22N4O/c1-3-28-15-16-6-8-17(9-7-16)18-10-11-21-20(13-18)23(24-2)27-22(26-21)19-5-4-12-25-14-19/h4-14H,3,15H2,1-2H3,(H,24,26,27). The lowest BCUT2D eigenvalue weighted by Crippen LogP contribution is -1.99. The summed E-state index contributed by atoms with van der Waals surface area (Å²) >= 11 is 0. The molecule has 5 nitrogen and oxygen atoms in total. The second kappa shape index (κ2) is 8.15. The number of rotatable bonds is 6. The molecular formula is C23H22N4O. The molecule has 1 N–H and O–H groups in total. The minimum atomic E-state index is 0.642. The van der Waals surface area contributed by atoms with E-state index in [9.17, 15) is 0 Å². The summed E-state index contributed by atoms with van der Waals surface area (Å²) in [5.74, 6) is 1.47. The van der Waals surface area contributed by atoms with Crippen LogP contribution < -0.4 is 5.32 Å². The van der Waals surface area contributed by atoms with Gasteiger partial charge in [-0.2, -0.15) is 0 Å². The lowest BCUT2D eigenvalue weighted by atomic mass is 10.0. The van der Waals surface area contributed by atoms with Gasteiger partial charge in [-0.25, -0.2) is 9.97 Å². The highest BCUT2D eigenvalue weighted by Crippen LogP contribution is 2.29. The van der Waals surface area contributed by atoms with Crippen molar-refractivity contribution < 1.29 is 4.74 Å². The van der Waals surface area contributed by atoms with Crippen molar-refractivity contribution in [3.63, 3.8) is 0 Å². The fraction of sp³-hybridized carbons (Fsp3) is 0.174. The van der Waals surface area contributed by atoms with E-state index in [1.54, 1.807) is 12.4 Å². The number of ether oxygens (including phenoxy) is 1. The first-order valence-corrected chi connectivity index (χ1v) is 9.35. The molecule has 0 atom stereocenters. The summed E-state index contributed by atoms with van der Waals surface area (Å²) in [6.45, 7) is 3.37. The summed E-state index contributed by atoms with van der Waals surface area (Å²) in [6, 6.07) is 18.6. The second-order valence-electron chi connectivity index (χ2n) is 6.45. The average molecular weight is 370 g/mol. The second-order valence-corrected chi connectivity index (χ2v) is 6.45. The number of nitrogens with one attached hydrogen (secondary N) is 1. The Morgan fingerprint density at radius 1 is 0.929 bits per heavy atom. The molecule has 28 heavy (non-hydrogen) atoms. The van der Waals surface area contributed by atoms with Gasteiger partial charge >= 0.3 is 0 Å². The van der Waals surface area contributed by atoms with E-state index >= 15 is 0 Å². The maximum absolute atomic E-state index is 5.47. The first-order valence-electron chi connectivity index (χ1n) is 9.35. The molecule has 0 fully saturated rings. The van der Waals surface area contributed by atoms with Gasteiger partial charge in [-0.3, -0.25) is 4.98 Å². The summed E-state index contributed by atoms with van der Waals surface area (Å²) in [4.78, 5) is 13.6. The summed E-state index contributed by atoms with van der Waals surface area (Å²) < 4.78 is 5.47. The van der Waals surface area contributed by atoms with Gasteiger partial charge in [0.15, 0.2) is 5.82 Å². The number of hydrogen-bond acceptors (Lipinski definition) is 5. The van der Waals surface area contributed by atoms with Crippen LogP contribution in [-0.4, -0.2) is 28.6 Å². The van der Waals surface area contributed by atoms with Gasteiger partial charge in [-0.05, 0) is 47.9 Å². The van der Waals surface area contributed by atoms with Crippen LogP contribution in [0, 0.1) is 0 Å². The molecule has 0 aliphatic carbocycles. The fourth-order valence-electron chi connectivity index (χ4n) is 3.14.